The van der Waals surface area contributed by atoms with Gasteiger partial charge in [0.15, 0.2) is 11.5 Å². The number of pyridine rings is 1. The maximum absolute atomic E-state index is 14.1. The van der Waals surface area contributed by atoms with Gasteiger partial charge < -0.3 is 19.5 Å². The van der Waals surface area contributed by atoms with Crippen LogP contribution >= 0.6 is 0 Å². The van der Waals surface area contributed by atoms with E-state index >= 15 is 0 Å². The van der Waals surface area contributed by atoms with Crippen molar-refractivity contribution in [2.75, 3.05) is 18.8 Å². The third-order valence-corrected chi connectivity index (χ3v) is 6.93. The molecule has 0 radical (unpaired) electrons. The number of fused-ring (bicyclic) bond motifs is 2. The van der Waals surface area contributed by atoms with E-state index < -0.39 is 12.0 Å². The highest BCUT2D eigenvalue weighted by Gasteiger charge is 2.45. The maximum atomic E-state index is 14.1. The van der Waals surface area contributed by atoms with Crippen LogP contribution in [0.5, 0.6) is 17.2 Å². The number of carbonyl (C=O) groups excluding carboxylic acids is 2. The molecule has 1 aromatic heterocycles. The molecule has 0 bridgehead atoms. The number of aromatic nitrogens is 1. The Morgan fingerprint density at radius 2 is 1.76 bits per heavy atom. The first kappa shape index (κ1) is 23.5. The fourth-order valence-corrected chi connectivity index (χ4v) is 5.08. The number of benzene rings is 3. The van der Waals surface area contributed by atoms with Gasteiger partial charge in [-0.3, -0.25) is 19.5 Å². The van der Waals surface area contributed by atoms with Crippen LogP contribution < -0.4 is 24.4 Å². The number of hydrogen-bond acceptors (Lipinski definition) is 6. The number of carbonyl (C=O) groups is 2. The molecule has 190 valence electrons. The van der Waals surface area contributed by atoms with E-state index in [0.29, 0.717) is 40.6 Å². The van der Waals surface area contributed by atoms with Crippen LogP contribution in [0.4, 0.5) is 5.69 Å². The summed E-state index contributed by atoms with van der Waals surface area (Å²) in [6.45, 7) is 0.463. The number of amides is 2. The van der Waals surface area contributed by atoms with Gasteiger partial charge in [-0.2, -0.15) is 0 Å². The van der Waals surface area contributed by atoms with Gasteiger partial charge in [-0.25, -0.2) is 0 Å². The summed E-state index contributed by atoms with van der Waals surface area (Å²) in [5, 5.41) is 3.09. The van der Waals surface area contributed by atoms with Crippen molar-refractivity contribution in [3.05, 3.63) is 114 Å². The first-order chi connectivity index (χ1) is 18.6. The van der Waals surface area contributed by atoms with E-state index in [9.17, 15) is 9.59 Å². The van der Waals surface area contributed by atoms with Crippen LogP contribution in [-0.2, 0) is 11.3 Å². The number of nitrogens with one attached hydrogen (secondary N) is 1. The third kappa shape index (κ3) is 4.20. The zero-order valence-electron chi connectivity index (χ0n) is 20.7. The van der Waals surface area contributed by atoms with Crippen molar-refractivity contribution < 1.29 is 23.8 Å². The van der Waals surface area contributed by atoms with Crippen LogP contribution in [0, 0.1) is 0 Å². The molecule has 0 saturated heterocycles. The lowest BCUT2D eigenvalue weighted by Crippen LogP contribution is -2.47. The number of methoxy groups -OCH3 is 1. The second-order valence-electron chi connectivity index (χ2n) is 9.07. The molecule has 8 nitrogen and oxygen atoms in total. The van der Waals surface area contributed by atoms with Crippen molar-refractivity contribution in [2.45, 2.75) is 18.5 Å². The zero-order valence-corrected chi connectivity index (χ0v) is 20.7. The Morgan fingerprint density at radius 1 is 1.00 bits per heavy atom. The number of ether oxygens (including phenoxy) is 3. The highest BCUT2D eigenvalue weighted by atomic mass is 16.7. The van der Waals surface area contributed by atoms with E-state index in [0.717, 1.165) is 11.1 Å². The molecule has 0 fully saturated rings. The Morgan fingerprint density at radius 3 is 2.55 bits per heavy atom. The third-order valence-electron chi connectivity index (χ3n) is 6.93. The van der Waals surface area contributed by atoms with Crippen molar-refractivity contribution in [3.8, 4) is 17.2 Å². The Kier molecular flexibility index (Phi) is 6.13. The highest BCUT2D eigenvalue weighted by Crippen LogP contribution is 2.47. The predicted octanol–water partition coefficient (Wildman–Crippen LogP) is 4.62. The quantitative estimate of drug-likeness (QED) is 0.410. The van der Waals surface area contributed by atoms with Crippen LogP contribution in [0.15, 0.2) is 91.3 Å². The van der Waals surface area contributed by atoms with Crippen LogP contribution in [0.25, 0.3) is 0 Å². The van der Waals surface area contributed by atoms with Gasteiger partial charge in [-0.05, 0) is 59.2 Å². The molecular formula is C30H25N3O5. The monoisotopic (exact) mass is 507 g/mol. The average molecular weight is 508 g/mol. The summed E-state index contributed by atoms with van der Waals surface area (Å²) >= 11 is 0. The summed E-state index contributed by atoms with van der Waals surface area (Å²) in [4.78, 5) is 33.8. The molecule has 1 N–H and O–H groups in total. The summed E-state index contributed by atoms with van der Waals surface area (Å²) in [5.74, 6) is 0.800. The molecule has 3 heterocycles. The molecule has 6 rings (SSSR count). The first-order valence-electron chi connectivity index (χ1n) is 12.3. The Labute approximate surface area is 219 Å². The molecule has 0 saturated carbocycles. The molecule has 38 heavy (non-hydrogen) atoms. The molecule has 3 aromatic carbocycles. The highest BCUT2D eigenvalue weighted by molar-refractivity contribution is 6.11. The molecule has 2 aliphatic heterocycles. The fourth-order valence-electron chi connectivity index (χ4n) is 5.08. The molecule has 8 heteroatoms. The van der Waals surface area contributed by atoms with Gasteiger partial charge in [-0.15, -0.1) is 0 Å². The number of nitrogens with zero attached hydrogens (tertiary/aromatic N) is 2. The Balaban J connectivity index is 1.48. The number of hydrogen-bond donors (Lipinski definition) is 1. The van der Waals surface area contributed by atoms with Crippen molar-refractivity contribution in [2.24, 2.45) is 0 Å². The zero-order chi connectivity index (χ0) is 26.1. The van der Waals surface area contributed by atoms with E-state index in [1.807, 2.05) is 60.7 Å². The van der Waals surface area contributed by atoms with Gasteiger partial charge in [0.05, 0.1) is 19.1 Å². The largest absolute Gasteiger partial charge is 0.497 e. The first-order valence-corrected chi connectivity index (χ1v) is 12.3. The van der Waals surface area contributed by atoms with Crippen LogP contribution in [-0.4, -0.2) is 30.7 Å². The van der Waals surface area contributed by atoms with Crippen molar-refractivity contribution in [1.82, 2.24) is 10.3 Å². The van der Waals surface area contributed by atoms with E-state index in [4.69, 9.17) is 14.2 Å². The topological polar surface area (TPSA) is 90.0 Å². The SMILES string of the molecule is COc1ccc([C@@H]2[C@H](C(=O)NCc3ccncc3)c3ccccc3C(=O)N2c2ccc3c(c2)OCO3)cc1. The van der Waals surface area contributed by atoms with Crippen molar-refractivity contribution in [1.29, 1.82) is 0 Å². The average Bonchev–Trinajstić information content (AvgIpc) is 3.44. The van der Waals surface area contributed by atoms with Crippen LogP contribution in [0.3, 0.4) is 0 Å². The van der Waals surface area contributed by atoms with Gasteiger partial charge in [0.1, 0.15) is 5.75 Å². The summed E-state index contributed by atoms with van der Waals surface area (Å²) in [5.41, 5.74) is 3.51. The minimum atomic E-state index is -0.676. The van der Waals surface area contributed by atoms with Gasteiger partial charge in [-0.1, -0.05) is 30.3 Å². The van der Waals surface area contributed by atoms with E-state index in [1.165, 1.54) is 0 Å². The van der Waals surface area contributed by atoms with Gasteiger partial charge in [0.25, 0.3) is 5.91 Å². The van der Waals surface area contributed by atoms with Gasteiger partial charge in [0.2, 0.25) is 12.7 Å². The normalized spacial score (nSPS) is 17.6. The lowest BCUT2D eigenvalue weighted by molar-refractivity contribution is -0.123. The molecule has 4 aromatic rings. The fraction of sp³-hybridized carbons (Fsp3) is 0.167. The second-order valence-corrected chi connectivity index (χ2v) is 9.07. The number of anilines is 1. The molecular weight excluding hydrogens is 482 g/mol. The lowest BCUT2D eigenvalue weighted by Gasteiger charge is -2.42. The summed E-state index contributed by atoms with van der Waals surface area (Å²) in [7, 11) is 1.60. The lowest BCUT2D eigenvalue weighted by atomic mass is 9.78. The van der Waals surface area contributed by atoms with E-state index in [-0.39, 0.29) is 18.6 Å². The summed E-state index contributed by atoms with van der Waals surface area (Å²) in [6, 6.07) is 23.3. The Bertz CT molecular complexity index is 1490. The number of rotatable bonds is 6. The molecule has 0 unspecified atom stereocenters. The van der Waals surface area contributed by atoms with Crippen molar-refractivity contribution >= 4 is 17.5 Å². The van der Waals surface area contributed by atoms with Gasteiger partial charge >= 0.3 is 0 Å². The van der Waals surface area contributed by atoms with Crippen LogP contribution in [0.2, 0.25) is 0 Å². The molecule has 2 amide bonds. The van der Waals surface area contributed by atoms with Gasteiger partial charge in [0, 0.05) is 36.3 Å². The molecule has 0 spiro atoms. The minimum absolute atomic E-state index is 0.123. The summed E-state index contributed by atoms with van der Waals surface area (Å²) < 4.78 is 16.5. The standard InChI is InChI=1S/C30H25N3O5/c1-36-22-9-6-20(7-10-22)28-27(29(34)32-17-19-12-14-31-15-13-19)23-4-2-3-5-24(23)30(35)33(28)21-8-11-25-26(16-21)38-18-37-25/h2-16,27-28H,17-18H2,1H3,(H,32,34)/t27-,28-/m1/s1. The molecule has 0 aliphatic carbocycles. The smallest absolute Gasteiger partial charge is 0.259 e. The maximum Gasteiger partial charge on any atom is 0.259 e. The van der Waals surface area contributed by atoms with E-state index in [2.05, 4.69) is 10.3 Å². The van der Waals surface area contributed by atoms with Crippen molar-refractivity contribution in [3.63, 3.8) is 0 Å². The Hall–Kier alpha value is -4.85. The minimum Gasteiger partial charge on any atom is -0.497 e. The molecule has 2 atom stereocenters. The predicted molar refractivity (Wildman–Crippen MR) is 140 cm³/mol. The summed E-state index contributed by atoms with van der Waals surface area (Å²) in [6.07, 6.45) is 3.38. The van der Waals surface area contributed by atoms with Crippen LogP contribution in [0.1, 0.15) is 39.0 Å². The van der Waals surface area contributed by atoms with E-state index in [1.54, 1.807) is 42.6 Å². The second kappa shape index (κ2) is 9.89. The molecule has 2 aliphatic rings.